The number of amides is 1. The molecule has 0 unspecified atom stereocenters. The second-order valence-electron chi connectivity index (χ2n) is 4.57. The fourth-order valence-corrected chi connectivity index (χ4v) is 1.86. The Balaban J connectivity index is 2.13. The number of rotatable bonds is 4. The second kappa shape index (κ2) is 7.33. The lowest BCUT2D eigenvalue weighted by molar-refractivity contribution is 0.102. The SMILES string of the molecule is C/C(=N\NC(N)=S)c1cccc(NC(=O)c2ccccc2)c1. The summed E-state index contributed by atoms with van der Waals surface area (Å²) >= 11 is 4.70. The summed E-state index contributed by atoms with van der Waals surface area (Å²) in [6.45, 7) is 1.82. The van der Waals surface area contributed by atoms with Crippen LogP contribution < -0.4 is 16.5 Å². The van der Waals surface area contributed by atoms with E-state index >= 15 is 0 Å². The molecule has 0 bridgehead atoms. The summed E-state index contributed by atoms with van der Waals surface area (Å²) in [5, 5.41) is 7.02. The number of carbonyl (C=O) groups is 1. The Bertz CT molecular complexity index is 713. The summed E-state index contributed by atoms with van der Waals surface area (Å²) in [4.78, 5) is 12.1. The first-order valence-electron chi connectivity index (χ1n) is 6.63. The number of thiocarbonyl (C=S) groups is 1. The summed E-state index contributed by atoms with van der Waals surface area (Å²) < 4.78 is 0. The molecular weight excluding hydrogens is 296 g/mol. The van der Waals surface area contributed by atoms with Gasteiger partial charge >= 0.3 is 0 Å². The minimum Gasteiger partial charge on any atom is -0.375 e. The molecule has 0 heterocycles. The number of anilines is 1. The molecule has 5 nitrogen and oxygen atoms in total. The van der Waals surface area contributed by atoms with E-state index in [1.807, 2.05) is 49.4 Å². The maximum absolute atomic E-state index is 12.1. The second-order valence-corrected chi connectivity index (χ2v) is 5.01. The van der Waals surface area contributed by atoms with Crippen molar-refractivity contribution in [2.45, 2.75) is 6.92 Å². The minimum atomic E-state index is -0.159. The van der Waals surface area contributed by atoms with Crippen LogP contribution in [0.3, 0.4) is 0 Å². The van der Waals surface area contributed by atoms with Crippen molar-refractivity contribution in [2.75, 3.05) is 5.32 Å². The molecule has 6 heteroatoms. The number of nitrogens with two attached hydrogens (primary N) is 1. The summed E-state index contributed by atoms with van der Waals surface area (Å²) in [7, 11) is 0. The van der Waals surface area contributed by atoms with E-state index in [4.69, 9.17) is 18.0 Å². The number of benzene rings is 2. The van der Waals surface area contributed by atoms with E-state index in [0.29, 0.717) is 17.0 Å². The van der Waals surface area contributed by atoms with Crippen molar-refractivity contribution in [1.82, 2.24) is 5.43 Å². The van der Waals surface area contributed by atoms with Crippen LogP contribution in [0.2, 0.25) is 0 Å². The predicted molar refractivity (Wildman–Crippen MR) is 93.0 cm³/mol. The predicted octanol–water partition coefficient (Wildman–Crippen LogP) is 2.50. The van der Waals surface area contributed by atoms with Gasteiger partial charge in [-0.3, -0.25) is 10.2 Å². The highest BCUT2D eigenvalue weighted by Gasteiger charge is 2.06. The zero-order valence-corrected chi connectivity index (χ0v) is 12.9. The Morgan fingerprint density at radius 3 is 2.45 bits per heavy atom. The van der Waals surface area contributed by atoms with Crippen LogP contribution >= 0.6 is 12.2 Å². The Kier molecular flexibility index (Phi) is 5.21. The summed E-state index contributed by atoms with van der Waals surface area (Å²) in [5.74, 6) is -0.159. The van der Waals surface area contributed by atoms with E-state index in [-0.39, 0.29) is 11.0 Å². The summed E-state index contributed by atoms with van der Waals surface area (Å²) in [6, 6.07) is 16.4. The van der Waals surface area contributed by atoms with Crippen LogP contribution in [0.5, 0.6) is 0 Å². The Morgan fingerprint density at radius 2 is 1.77 bits per heavy atom. The lowest BCUT2D eigenvalue weighted by Crippen LogP contribution is -2.25. The molecule has 1 amide bonds. The third-order valence-corrected chi connectivity index (χ3v) is 3.00. The highest BCUT2D eigenvalue weighted by atomic mass is 32.1. The molecule has 2 rings (SSSR count). The van der Waals surface area contributed by atoms with Gasteiger partial charge in [-0.05, 0) is 49.0 Å². The number of hydrogen-bond acceptors (Lipinski definition) is 3. The molecule has 0 saturated carbocycles. The summed E-state index contributed by atoms with van der Waals surface area (Å²) in [6.07, 6.45) is 0. The quantitative estimate of drug-likeness (QED) is 0.460. The molecular formula is C16H16N4OS. The third kappa shape index (κ3) is 4.39. The van der Waals surface area contributed by atoms with E-state index in [9.17, 15) is 4.79 Å². The maximum Gasteiger partial charge on any atom is 0.255 e. The molecule has 112 valence electrons. The van der Waals surface area contributed by atoms with E-state index < -0.39 is 0 Å². The Morgan fingerprint density at radius 1 is 1.09 bits per heavy atom. The Labute approximate surface area is 134 Å². The zero-order valence-electron chi connectivity index (χ0n) is 12.0. The van der Waals surface area contributed by atoms with Gasteiger partial charge in [0, 0.05) is 11.3 Å². The average Bonchev–Trinajstić information content (AvgIpc) is 2.53. The van der Waals surface area contributed by atoms with Gasteiger partial charge in [0.05, 0.1) is 5.71 Å². The first kappa shape index (κ1) is 15.7. The number of hydrazone groups is 1. The summed E-state index contributed by atoms with van der Waals surface area (Å²) in [5.41, 5.74) is 10.7. The van der Waals surface area contributed by atoms with Gasteiger partial charge in [-0.1, -0.05) is 30.3 Å². The van der Waals surface area contributed by atoms with Crippen molar-refractivity contribution in [2.24, 2.45) is 10.8 Å². The fourth-order valence-electron chi connectivity index (χ4n) is 1.82. The van der Waals surface area contributed by atoms with E-state index in [2.05, 4.69) is 15.8 Å². The van der Waals surface area contributed by atoms with Crippen molar-refractivity contribution in [3.8, 4) is 0 Å². The lowest BCUT2D eigenvalue weighted by Gasteiger charge is -2.08. The molecule has 4 N–H and O–H groups in total. The number of carbonyl (C=O) groups excluding carboxylic acids is 1. The molecule has 2 aromatic carbocycles. The van der Waals surface area contributed by atoms with Crippen molar-refractivity contribution in [3.05, 3.63) is 65.7 Å². The van der Waals surface area contributed by atoms with Crippen LogP contribution in [0.15, 0.2) is 59.7 Å². The van der Waals surface area contributed by atoms with Gasteiger partial charge in [0.25, 0.3) is 5.91 Å². The highest BCUT2D eigenvalue weighted by Crippen LogP contribution is 2.13. The highest BCUT2D eigenvalue weighted by molar-refractivity contribution is 7.80. The fraction of sp³-hybridized carbons (Fsp3) is 0.0625. The molecule has 0 aromatic heterocycles. The van der Waals surface area contributed by atoms with Crippen molar-refractivity contribution in [3.63, 3.8) is 0 Å². The third-order valence-electron chi connectivity index (χ3n) is 2.91. The minimum absolute atomic E-state index is 0.105. The van der Waals surface area contributed by atoms with Gasteiger partial charge in [0.1, 0.15) is 0 Å². The number of nitrogens with zero attached hydrogens (tertiary/aromatic N) is 1. The molecule has 2 aromatic rings. The molecule has 0 atom stereocenters. The standard InChI is InChI=1S/C16H16N4OS/c1-11(19-20-16(17)22)13-8-5-9-14(10-13)18-15(21)12-6-3-2-4-7-12/h2-10H,1H3,(H,18,21)(H3,17,20,22)/b19-11+. The number of nitrogens with one attached hydrogen (secondary N) is 2. The zero-order chi connectivity index (χ0) is 15.9. The molecule has 22 heavy (non-hydrogen) atoms. The monoisotopic (exact) mass is 312 g/mol. The van der Waals surface area contributed by atoms with Crippen LogP contribution in [0.4, 0.5) is 5.69 Å². The van der Waals surface area contributed by atoms with Crippen LogP contribution in [0.25, 0.3) is 0 Å². The van der Waals surface area contributed by atoms with Gasteiger partial charge in [-0.2, -0.15) is 5.10 Å². The van der Waals surface area contributed by atoms with Gasteiger partial charge in [0.15, 0.2) is 5.11 Å². The van der Waals surface area contributed by atoms with Gasteiger partial charge in [-0.15, -0.1) is 0 Å². The van der Waals surface area contributed by atoms with E-state index in [0.717, 1.165) is 5.56 Å². The van der Waals surface area contributed by atoms with Gasteiger partial charge in [-0.25, -0.2) is 0 Å². The number of hydrogen-bond donors (Lipinski definition) is 3. The molecule has 0 saturated heterocycles. The molecule has 0 fully saturated rings. The normalized spacial score (nSPS) is 10.9. The molecule has 0 spiro atoms. The first-order chi connectivity index (χ1) is 10.6. The van der Waals surface area contributed by atoms with Crippen LogP contribution in [-0.4, -0.2) is 16.7 Å². The van der Waals surface area contributed by atoms with E-state index in [1.165, 1.54) is 0 Å². The van der Waals surface area contributed by atoms with Crippen LogP contribution in [0.1, 0.15) is 22.8 Å². The lowest BCUT2D eigenvalue weighted by atomic mass is 10.1. The Hall–Kier alpha value is -2.73. The topological polar surface area (TPSA) is 79.5 Å². The average molecular weight is 312 g/mol. The van der Waals surface area contributed by atoms with Crippen molar-refractivity contribution >= 4 is 34.6 Å². The first-order valence-corrected chi connectivity index (χ1v) is 7.03. The van der Waals surface area contributed by atoms with Crippen molar-refractivity contribution < 1.29 is 4.79 Å². The molecule has 0 radical (unpaired) electrons. The molecule has 0 aliphatic heterocycles. The van der Waals surface area contributed by atoms with Crippen molar-refractivity contribution in [1.29, 1.82) is 0 Å². The molecule has 0 aliphatic carbocycles. The van der Waals surface area contributed by atoms with Gasteiger partial charge in [0.2, 0.25) is 0 Å². The molecule has 0 aliphatic rings. The maximum atomic E-state index is 12.1. The van der Waals surface area contributed by atoms with Crippen LogP contribution in [0, 0.1) is 0 Å². The largest absolute Gasteiger partial charge is 0.375 e. The van der Waals surface area contributed by atoms with Gasteiger partial charge < -0.3 is 11.1 Å². The van der Waals surface area contributed by atoms with E-state index in [1.54, 1.807) is 12.1 Å². The smallest absolute Gasteiger partial charge is 0.255 e. The van der Waals surface area contributed by atoms with Crippen LogP contribution in [-0.2, 0) is 0 Å².